The smallest absolute Gasteiger partial charge is 0.407 e. The van der Waals surface area contributed by atoms with Gasteiger partial charge in [0.25, 0.3) is 0 Å². The van der Waals surface area contributed by atoms with E-state index in [4.69, 9.17) is 14.2 Å². The first kappa shape index (κ1) is 27.7. The quantitative estimate of drug-likeness (QED) is 0.223. The molecule has 0 radical (unpaired) electrons. The lowest BCUT2D eigenvalue weighted by atomic mass is 10.1. The summed E-state index contributed by atoms with van der Waals surface area (Å²) in [6, 6.07) is 15.2. The van der Waals surface area contributed by atoms with Crippen molar-refractivity contribution < 1.29 is 24.1 Å². The first-order chi connectivity index (χ1) is 18.7. The standard InChI is InChI=1S/C29H35N5O5/c1-20-17-21(9-10-25(20)39-23-8-6-7-22(18-23)38-16-15-37-5)32-27-26-24(30-19-31-27)11-12-33(26)13-14-34(28(35)36)29(2,3)4/h6-12,17-19H,13-16H2,1-5H3,(H,35,36)(H,30,31,32). The van der Waals surface area contributed by atoms with E-state index in [0.717, 1.165) is 28.0 Å². The monoisotopic (exact) mass is 533 g/mol. The van der Waals surface area contributed by atoms with Crippen LogP contribution in [-0.2, 0) is 11.3 Å². The number of hydrogen-bond donors (Lipinski definition) is 2. The minimum Gasteiger partial charge on any atom is -0.491 e. The molecule has 10 heteroatoms. The molecule has 0 atom stereocenters. The minimum absolute atomic E-state index is 0.334. The number of benzene rings is 2. The predicted octanol–water partition coefficient (Wildman–Crippen LogP) is 6.08. The van der Waals surface area contributed by atoms with Crippen molar-refractivity contribution in [2.45, 2.75) is 39.8 Å². The van der Waals surface area contributed by atoms with Crippen molar-refractivity contribution in [3.8, 4) is 17.2 Å². The maximum absolute atomic E-state index is 11.8. The highest BCUT2D eigenvalue weighted by Gasteiger charge is 2.26. The largest absolute Gasteiger partial charge is 0.491 e. The number of nitrogens with zero attached hydrogens (tertiary/aromatic N) is 4. The highest BCUT2D eigenvalue weighted by molar-refractivity contribution is 5.88. The molecular weight excluding hydrogens is 498 g/mol. The second-order valence-corrected chi connectivity index (χ2v) is 10.1. The Kier molecular flexibility index (Phi) is 8.55. The van der Waals surface area contributed by atoms with E-state index in [0.29, 0.717) is 43.6 Å². The third kappa shape index (κ3) is 6.97. The molecule has 4 rings (SSSR count). The summed E-state index contributed by atoms with van der Waals surface area (Å²) in [5, 5.41) is 13.1. The maximum atomic E-state index is 11.8. The summed E-state index contributed by atoms with van der Waals surface area (Å²) < 4.78 is 18.8. The van der Waals surface area contributed by atoms with Gasteiger partial charge in [0.15, 0.2) is 5.82 Å². The van der Waals surface area contributed by atoms with Crippen molar-refractivity contribution in [2.75, 3.05) is 32.2 Å². The van der Waals surface area contributed by atoms with Crippen LogP contribution in [0.4, 0.5) is 16.3 Å². The summed E-state index contributed by atoms with van der Waals surface area (Å²) in [4.78, 5) is 22.1. The first-order valence-corrected chi connectivity index (χ1v) is 12.7. The second-order valence-electron chi connectivity index (χ2n) is 10.1. The Bertz CT molecular complexity index is 1430. The first-order valence-electron chi connectivity index (χ1n) is 12.7. The molecule has 0 aliphatic rings. The van der Waals surface area contributed by atoms with Gasteiger partial charge in [-0.25, -0.2) is 14.8 Å². The Morgan fingerprint density at radius 2 is 1.87 bits per heavy atom. The molecule has 2 aromatic heterocycles. The molecule has 0 aliphatic heterocycles. The van der Waals surface area contributed by atoms with Gasteiger partial charge in [-0.15, -0.1) is 0 Å². The fraction of sp³-hybridized carbons (Fsp3) is 0.345. The Labute approximate surface area is 228 Å². The number of methoxy groups -OCH3 is 1. The Hall–Kier alpha value is -4.31. The molecule has 2 heterocycles. The fourth-order valence-electron chi connectivity index (χ4n) is 4.21. The molecule has 4 aromatic rings. The van der Waals surface area contributed by atoms with Crippen molar-refractivity contribution >= 4 is 28.6 Å². The van der Waals surface area contributed by atoms with E-state index in [1.165, 1.54) is 11.2 Å². The van der Waals surface area contributed by atoms with Crippen LogP contribution >= 0.6 is 0 Å². The average molecular weight is 534 g/mol. The number of aryl methyl sites for hydroxylation is 1. The highest BCUT2D eigenvalue weighted by atomic mass is 16.5. The molecule has 0 saturated heterocycles. The molecule has 1 amide bonds. The van der Waals surface area contributed by atoms with E-state index >= 15 is 0 Å². The summed E-state index contributed by atoms with van der Waals surface area (Å²) in [5.74, 6) is 2.75. The number of rotatable bonds is 11. The third-order valence-corrected chi connectivity index (χ3v) is 6.18. The van der Waals surface area contributed by atoms with E-state index in [1.807, 2.05) is 87.0 Å². The lowest BCUT2D eigenvalue weighted by Gasteiger charge is -2.33. The summed E-state index contributed by atoms with van der Waals surface area (Å²) >= 11 is 0. The summed E-state index contributed by atoms with van der Waals surface area (Å²) in [5.41, 5.74) is 2.85. The number of aromatic nitrogens is 3. The molecule has 206 valence electrons. The Morgan fingerprint density at radius 1 is 1.08 bits per heavy atom. The lowest BCUT2D eigenvalue weighted by Crippen LogP contribution is -2.46. The minimum atomic E-state index is -0.948. The van der Waals surface area contributed by atoms with Crippen LogP contribution in [0.15, 0.2) is 61.1 Å². The van der Waals surface area contributed by atoms with E-state index in [1.54, 1.807) is 7.11 Å². The SMILES string of the molecule is COCCOc1cccc(Oc2ccc(Nc3ncnc4ccn(CCN(C(=O)O)C(C)(C)C)c34)cc2C)c1. The van der Waals surface area contributed by atoms with Crippen molar-refractivity contribution in [1.29, 1.82) is 0 Å². The number of hydrogen-bond acceptors (Lipinski definition) is 7. The predicted molar refractivity (Wildman–Crippen MR) is 150 cm³/mol. The molecule has 0 bridgehead atoms. The van der Waals surface area contributed by atoms with Gasteiger partial charge < -0.3 is 34.1 Å². The van der Waals surface area contributed by atoms with Crippen molar-refractivity contribution in [3.05, 3.63) is 66.6 Å². The molecule has 2 N–H and O–H groups in total. The van der Waals surface area contributed by atoms with Crippen molar-refractivity contribution in [3.63, 3.8) is 0 Å². The molecule has 0 spiro atoms. The number of anilines is 2. The van der Waals surface area contributed by atoms with Gasteiger partial charge in [0, 0.05) is 43.7 Å². The van der Waals surface area contributed by atoms with Crippen LogP contribution in [0.3, 0.4) is 0 Å². The van der Waals surface area contributed by atoms with Crippen LogP contribution in [0.5, 0.6) is 17.2 Å². The number of nitrogens with one attached hydrogen (secondary N) is 1. The zero-order chi connectivity index (χ0) is 28.0. The summed E-state index contributed by atoms with van der Waals surface area (Å²) in [7, 11) is 1.64. The maximum Gasteiger partial charge on any atom is 0.407 e. The molecule has 0 unspecified atom stereocenters. The van der Waals surface area contributed by atoms with Crippen LogP contribution in [0.25, 0.3) is 11.0 Å². The fourth-order valence-corrected chi connectivity index (χ4v) is 4.21. The van der Waals surface area contributed by atoms with Crippen molar-refractivity contribution in [1.82, 2.24) is 19.4 Å². The van der Waals surface area contributed by atoms with Gasteiger partial charge in [0.2, 0.25) is 0 Å². The zero-order valence-electron chi connectivity index (χ0n) is 23.0. The van der Waals surface area contributed by atoms with Gasteiger partial charge in [-0.05, 0) is 69.7 Å². The van der Waals surface area contributed by atoms with Crippen molar-refractivity contribution in [2.24, 2.45) is 0 Å². The van der Waals surface area contributed by atoms with Gasteiger partial charge >= 0.3 is 6.09 Å². The highest BCUT2D eigenvalue weighted by Crippen LogP contribution is 2.31. The van der Waals surface area contributed by atoms with Gasteiger partial charge in [0.1, 0.15) is 35.7 Å². The molecular formula is C29H35N5O5. The van der Waals surface area contributed by atoms with Gasteiger partial charge in [-0.1, -0.05) is 6.07 Å². The molecule has 10 nitrogen and oxygen atoms in total. The summed E-state index contributed by atoms with van der Waals surface area (Å²) in [6.45, 7) is 9.41. The molecule has 0 fully saturated rings. The van der Waals surface area contributed by atoms with Crippen LogP contribution in [0, 0.1) is 6.92 Å². The van der Waals surface area contributed by atoms with E-state index in [-0.39, 0.29) is 0 Å². The molecule has 39 heavy (non-hydrogen) atoms. The van der Waals surface area contributed by atoms with Gasteiger partial charge in [-0.3, -0.25) is 0 Å². The second kappa shape index (κ2) is 12.0. The van der Waals surface area contributed by atoms with E-state index in [2.05, 4.69) is 15.3 Å². The van der Waals surface area contributed by atoms with Gasteiger partial charge in [-0.2, -0.15) is 0 Å². The topological polar surface area (TPSA) is 111 Å². The van der Waals surface area contributed by atoms with E-state index in [9.17, 15) is 9.90 Å². The number of carbonyl (C=O) groups is 1. The molecule has 2 aromatic carbocycles. The summed E-state index contributed by atoms with van der Waals surface area (Å²) in [6.07, 6.45) is 2.47. The van der Waals surface area contributed by atoms with Crippen LogP contribution in [0.2, 0.25) is 0 Å². The van der Waals surface area contributed by atoms with Crippen LogP contribution in [-0.4, -0.2) is 63.0 Å². The number of amides is 1. The average Bonchev–Trinajstić information content (AvgIpc) is 3.29. The number of carboxylic acid groups (broad SMARTS) is 1. The zero-order valence-corrected chi connectivity index (χ0v) is 23.0. The van der Waals surface area contributed by atoms with Gasteiger partial charge in [0.05, 0.1) is 12.1 Å². The molecule has 0 aliphatic carbocycles. The van der Waals surface area contributed by atoms with Crippen LogP contribution in [0.1, 0.15) is 26.3 Å². The third-order valence-electron chi connectivity index (χ3n) is 6.18. The Morgan fingerprint density at radius 3 is 2.59 bits per heavy atom. The molecule has 0 saturated carbocycles. The number of ether oxygens (including phenoxy) is 3. The number of fused-ring (bicyclic) bond motifs is 1. The van der Waals surface area contributed by atoms with Crippen LogP contribution < -0.4 is 14.8 Å². The Balaban J connectivity index is 1.50. The lowest BCUT2D eigenvalue weighted by molar-refractivity contribution is 0.0981. The normalized spacial score (nSPS) is 11.4. The van der Waals surface area contributed by atoms with E-state index < -0.39 is 11.6 Å².